The van der Waals surface area contributed by atoms with Gasteiger partial charge in [0.25, 0.3) is 0 Å². The molecule has 0 fully saturated rings. The second-order valence-electron chi connectivity index (χ2n) is 8.19. The highest BCUT2D eigenvalue weighted by molar-refractivity contribution is 7.16. The van der Waals surface area contributed by atoms with Crippen LogP contribution < -0.4 is 14.9 Å². The van der Waals surface area contributed by atoms with Crippen LogP contribution in [0.4, 0.5) is 0 Å². The van der Waals surface area contributed by atoms with Gasteiger partial charge >= 0.3 is 10.8 Å². The van der Waals surface area contributed by atoms with Crippen molar-refractivity contribution in [2.24, 2.45) is 0 Å². The fourth-order valence-corrected chi connectivity index (χ4v) is 4.79. The first-order valence-corrected chi connectivity index (χ1v) is 12.1. The van der Waals surface area contributed by atoms with Gasteiger partial charge in [0.05, 0.1) is 16.8 Å². The van der Waals surface area contributed by atoms with Crippen molar-refractivity contribution in [3.8, 4) is 5.75 Å². The van der Waals surface area contributed by atoms with Crippen LogP contribution in [0.3, 0.4) is 0 Å². The number of carboxylic acid groups (broad SMARTS) is 1. The smallest absolute Gasteiger partial charge is 0.326 e. The molecule has 2 N–H and O–H groups in total. The second-order valence-corrected chi connectivity index (χ2v) is 9.18. The number of benzene rings is 3. The summed E-state index contributed by atoms with van der Waals surface area (Å²) in [5, 5.41) is 11.7. The van der Waals surface area contributed by atoms with Crippen LogP contribution in [0.2, 0.25) is 0 Å². The number of hydrogen-bond acceptors (Lipinski definition) is 6. The van der Waals surface area contributed by atoms with Crippen LogP contribution in [0.25, 0.3) is 10.2 Å². The standard InChI is InChI=1S/C27H24N2O6S/c1-17(30)28-22(26(32)33)15-18-7-10-21(11-8-18)35-14-13-29-23-12-9-20(16-24(23)36-27(29)34)25(31)19-5-3-2-4-6-19/h2-12,16,22H,13-15H2,1H3,(H,28,30)(H,32,33). The molecule has 4 rings (SSSR count). The Hall–Kier alpha value is -4.24. The number of ether oxygens (including phenoxy) is 1. The Bertz CT molecular complexity index is 1460. The van der Waals surface area contributed by atoms with Crippen LogP contribution in [-0.2, 0) is 22.6 Å². The third kappa shape index (κ3) is 5.87. The highest BCUT2D eigenvalue weighted by Gasteiger charge is 2.19. The first kappa shape index (κ1) is 24.9. The van der Waals surface area contributed by atoms with Crippen molar-refractivity contribution in [3.05, 3.63) is 99.2 Å². The highest BCUT2D eigenvalue weighted by atomic mass is 32.1. The lowest BCUT2D eigenvalue weighted by molar-refractivity contribution is -0.141. The fourth-order valence-electron chi connectivity index (χ4n) is 3.83. The van der Waals surface area contributed by atoms with Crippen molar-refractivity contribution < 1.29 is 24.2 Å². The minimum Gasteiger partial charge on any atom is -0.492 e. The topological polar surface area (TPSA) is 115 Å². The first-order valence-electron chi connectivity index (χ1n) is 11.3. The van der Waals surface area contributed by atoms with Crippen molar-refractivity contribution in [1.82, 2.24) is 9.88 Å². The molecular weight excluding hydrogens is 480 g/mol. The maximum absolute atomic E-state index is 12.7. The number of aliphatic carboxylic acids is 1. The van der Waals surface area contributed by atoms with Crippen molar-refractivity contribution in [2.45, 2.75) is 25.9 Å². The van der Waals surface area contributed by atoms with E-state index in [2.05, 4.69) is 5.32 Å². The second kappa shape index (κ2) is 11.0. The lowest BCUT2D eigenvalue weighted by Gasteiger charge is -2.13. The molecule has 0 aliphatic carbocycles. The summed E-state index contributed by atoms with van der Waals surface area (Å²) < 4.78 is 8.14. The van der Waals surface area contributed by atoms with Crippen LogP contribution >= 0.6 is 11.3 Å². The number of carboxylic acids is 1. The van der Waals surface area contributed by atoms with Gasteiger partial charge in [-0.05, 0) is 35.9 Å². The summed E-state index contributed by atoms with van der Waals surface area (Å²) >= 11 is 1.09. The van der Waals surface area contributed by atoms with Gasteiger partial charge in [-0.3, -0.25) is 19.0 Å². The van der Waals surface area contributed by atoms with Crippen molar-refractivity contribution in [1.29, 1.82) is 0 Å². The summed E-state index contributed by atoms with van der Waals surface area (Å²) in [6, 6.07) is 20.2. The number of hydrogen-bond donors (Lipinski definition) is 2. The lowest BCUT2D eigenvalue weighted by Crippen LogP contribution is -2.41. The Kier molecular flexibility index (Phi) is 7.60. The summed E-state index contributed by atoms with van der Waals surface area (Å²) in [7, 11) is 0. The number of rotatable bonds is 10. The normalized spacial score (nSPS) is 11.7. The third-order valence-electron chi connectivity index (χ3n) is 5.59. The summed E-state index contributed by atoms with van der Waals surface area (Å²) in [5.41, 5.74) is 2.61. The van der Waals surface area contributed by atoms with Crippen LogP contribution in [0.1, 0.15) is 28.4 Å². The number of fused-ring (bicyclic) bond motifs is 1. The molecule has 4 aromatic rings. The maximum atomic E-state index is 12.7. The first-order chi connectivity index (χ1) is 17.3. The minimum absolute atomic E-state index is 0.0940. The number of ketones is 1. The van der Waals surface area contributed by atoms with Gasteiger partial charge in [-0.2, -0.15) is 0 Å². The van der Waals surface area contributed by atoms with Crippen LogP contribution in [0.5, 0.6) is 5.75 Å². The Labute approximate surface area is 210 Å². The van der Waals surface area contributed by atoms with E-state index in [1.807, 2.05) is 18.2 Å². The van der Waals surface area contributed by atoms with Gasteiger partial charge in [-0.25, -0.2) is 4.79 Å². The van der Waals surface area contributed by atoms with Gasteiger partial charge in [0.2, 0.25) is 5.91 Å². The van der Waals surface area contributed by atoms with E-state index in [1.54, 1.807) is 59.2 Å². The average Bonchev–Trinajstić information content (AvgIpc) is 3.18. The molecule has 1 aromatic heterocycles. The minimum atomic E-state index is -1.10. The zero-order valence-electron chi connectivity index (χ0n) is 19.5. The number of amides is 1. The zero-order chi connectivity index (χ0) is 25.7. The molecule has 0 bridgehead atoms. The molecule has 0 saturated heterocycles. The van der Waals surface area contributed by atoms with Gasteiger partial charge < -0.3 is 15.2 Å². The molecule has 184 valence electrons. The molecule has 0 aliphatic heterocycles. The van der Waals surface area contributed by atoms with Crippen molar-refractivity contribution >= 4 is 39.2 Å². The number of carbonyl (C=O) groups is 3. The zero-order valence-corrected chi connectivity index (χ0v) is 20.3. The molecular formula is C27H24N2O6S. The van der Waals surface area contributed by atoms with E-state index in [1.165, 1.54) is 6.92 Å². The molecule has 36 heavy (non-hydrogen) atoms. The summed E-state index contributed by atoms with van der Waals surface area (Å²) in [4.78, 5) is 47.7. The lowest BCUT2D eigenvalue weighted by atomic mass is 10.0. The van der Waals surface area contributed by atoms with Crippen LogP contribution in [0, 0.1) is 0 Å². The van der Waals surface area contributed by atoms with E-state index < -0.39 is 17.9 Å². The summed E-state index contributed by atoms with van der Waals surface area (Å²) in [6.45, 7) is 1.85. The number of nitrogens with one attached hydrogen (secondary N) is 1. The van der Waals surface area contributed by atoms with Crippen molar-refractivity contribution in [2.75, 3.05) is 6.61 Å². The quantitative estimate of drug-likeness (QED) is 0.320. The van der Waals surface area contributed by atoms with E-state index in [-0.39, 0.29) is 23.7 Å². The molecule has 3 aromatic carbocycles. The molecule has 0 spiro atoms. The van der Waals surface area contributed by atoms with Gasteiger partial charge in [0.1, 0.15) is 18.4 Å². The van der Waals surface area contributed by atoms with E-state index in [0.29, 0.717) is 23.4 Å². The molecule has 1 atom stereocenters. The third-order valence-corrected chi connectivity index (χ3v) is 6.53. The summed E-state index contributed by atoms with van der Waals surface area (Å²) in [5.74, 6) is -1.02. The van der Waals surface area contributed by atoms with E-state index in [9.17, 15) is 24.3 Å². The average molecular weight is 505 g/mol. The Morgan fingerprint density at radius 2 is 1.72 bits per heavy atom. The number of aromatic nitrogens is 1. The van der Waals surface area contributed by atoms with Gasteiger partial charge in [-0.1, -0.05) is 53.8 Å². The molecule has 9 heteroatoms. The Morgan fingerprint density at radius 3 is 2.39 bits per heavy atom. The largest absolute Gasteiger partial charge is 0.492 e. The predicted molar refractivity (Wildman–Crippen MR) is 137 cm³/mol. The molecule has 0 saturated carbocycles. The summed E-state index contributed by atoms with van der Waals surface area (Å²) in [6.07, 6.45) is 0.153. The van der Waals surface area contributed by atoms with Gasteiger partial charge in [0.15, 0.2) is 5.78 Å². The van der Waals surface area contributed by atoms with E-state index >= 15 is 0 Å². The molecule has 1 unspecified atom stereocenters. The number of nitrogens with zero attached hydrogens (tertiary/aromatic N) is 1. The van der Waals surface area contributed by atoms with Crippen LogP contribution in [0.15, 0.2) is 77.6 Å². The van der Waals surface area contributed by atoms with Crippen molar-refractivity contribution in [3.63, 3.8) is 0 Å². The SMILES string of the molecule is CC(=O)NC(Cc1ccc(OCCn2c(=O)sc3cc(C(=O)c4ccccc4)ccc32)cc1)C(=O)O. The van der Waals surface area contributed by atoms with E-state index in [0.717, 1.165) is 27.1 Å². The van der Waals surface area contributed by atoms with E-state index in [4.69, 9.17) is 4.74 Å². The Morgan fingerprint density at radius 1 is 1.00 bits per heavy atom. The molecule has 1 amide bonds. The molecule has 0 aliphatic rings. The van der Waals surface area contributed by atoms with Crippen LogP contribution in [-0.4, -0.2) is 40.0 Å². The van der Waals surface area contributed by atoms with Gasteiger partial charge in [-0.15, -0.1) is 0 Å². The van der Waals surface area contributed by atoms with Gasteiger partial charge in [0, 0.05) is 24.5 Å². The predicted octanol–water partition coefficient (Wildman–Crippen LogP) is 3.50. The molecule has 1 heterocycles. The maximum Gasteiger partial charge on any atom is 0.326 e. The molecule has 8 nitrogen and oxygen atoms in total. The monoisotopic (exact) mass is 504 g/mol. The highest BCUT2D eigenvalue weighted by Crippen LogP contribution is 2.21. The number of thiazole rings is 1. The molecule has 0 radical (unpaired) electrons. The Balaban J connectivity index is 1.39. The fraction of sp³-hybridized carbons (Fsp3) is 0.185. The number of carbonyl (C=O) groups excluding carboxylic acids is 2.